The van der Waals surface area contributed by atoms with Gasteiger partial charge >= 0.3 is 5.97 Å². The van der Waals surface area contributed by atoms with E-state index in [4.69, 9.17) is 9.47 Å². The molecule has 5 nitrogen and oxygen atoms in total. The first kappa shape index (κ1) is 14.9. The van der Waals surface area contributed by atoms with E-state index in [9.17, 15) is 9.59 Å². The van der Waals surface area contributed by atoms with Gasteiger partial charge in [-0.05, 0) is 25.3 Å². The number of likely N-dealkylation sites (tertiary alicyclic amines) is 1. The number of thiophene rings is 1. The smallest absolute Gasteiger partial charge is 0.313 e. The molecule has 3 aliphatic heterocycles. The standard InChI is InChI=1S/C17H19NO4S/c1-10(2)21-16(20)13-12-5-6-17(22-12)9-18(15(19)14(13)17)8-11-4-3-7-23-11/h3-7,10,12-14H,8-9H2,1-2H3/t12-,13+,14-,17+/m1/s1. The van der Waals surface area contributed by atoms with Gasteiger partial charge in [-0.3, -0.25) is 9.59 Å². The van der Waals surface area contributed by atoms with Crippen LogP contribution in [-0.4, -0.2) is 41.1 Å². The topological polar surface area (TPSA) is 55.8 Å². The molecule has 122 valence electrons. The first-order valence-corrected chi connectivity index (χ1v) is 8.77. The fourth-order valence-corrected chi connectivity index (χ4v) is 4.60. The van der Waals surface area contributed by atoms with Crippen LogP contribution in [0.2, 0.25) is 0 Å². The SMILES string of the molecule is CC(C)OC(=O)[C@H]1[C@H]2C=C[C@@]3(CN(Cc4cccs4)C(=O)[C@@H]13)O2. The molecule has 1 aromatic rings. The maximum atomic E-state index is 12.9. The minimum Gasteiger partial charge on any atom is -0.463 e. The summed E-state index contributed by atoms with van der Waals surface area (Å²) < 4.78 is 11.4. The molecule has 0 aromatic carbocycles. The first-order chi connectivity index (χ1) is 11.0. The summed E-state index contributed by atoms with van der Waals surface area (Å²) in [6, 6.07) is 3.99. The van der Waals surface area contributed by atoms with Gasteiger partial charge in [0.25, 0.3) is 0 Å². The minimum atomic E-state index is -0.653. The van der Waals surface area contributed by atoms with Gasteiger partial charge < -0.3 is 14.4 Å². The summed E-state index contributed by atoms with van der Waals surface area (Å²) in [6.07, 6.45) is 3.35. The molecule has 4 rings (SSSR count). The van der Waals surface area contributed by atoms with Crippen LogP contribution < -0.4 is 0 Å². The maximum absolute atomic E-state index is 12.9. The van der Waals surface area contributed by atoms with Crippen molar-refractivity contribution in [3.8, 4) is 0 Å². The van der Waals surface area contributed by atoms with Gasteiger partial charge in [0.2, 0.25) is 5.91 Å². The number of rotatable bonds is 4. The van der Waals surface area contributed by atoms with Crippen molar-refractivity contribution < 1.29 is 19.1 Å². The predicted molar refractivity (Wildman–Crippen MR) is 84.7 cm³/mol. The molecule has 2 fully saturated rings. The van der Waals surface area contributed by atoms with Gasteiger partial charge in [-0.15, -0.1) is 11.3 Å². The Labute approximate surface area is 138 Å². The molecule has 2 saturated heterocycles. The zero-order valence-corrected chi connectivity index (χ0v) is 13.9. The summed E-state index contributed by atoms with van der Waals surface area (Å²) in [7, 11) is 0. The number of carbonyl (C=O) groups is 2. The highest BCUT2D eigenvalue weighted by atomic mass is 32.1. The van der Waals surface area contributed by atoms with Gasteiger partial charge in [-0.2, -0.15) is 0 Å². The average Bonchev–Trinajstić information content (AvgIpc) is 3.21. The number of esters is 1. The number of ether oxygens (including phenoxy) is 2. The Hall–Kier alpha value is -1.66. The number of carbonyl (C=O) groups excluding carboxylic acids is 2. The summed E-state index contributed by atoms with van der Waals surface area (Å²) in [5.74, 6) is -1.31. The summed E-state index contributed by atoms with van der Waals surface area (Å²) in [5, 5.41) is 2.00. The lowest BCUT2D eigenvalue weighted by Gasteiger charge is -2.23. The van der Waals surface area contributed by atoms with Gasteiger partial charge in [-0.1, -0.05) is 18.2 Å². The molecule has 1 amide bonds. The molecule has 0 aliphatic carbocycles. The van der Waals surface area contributed by atoms with Crippen LogP contribution in [-0.2, 0) is 25.6 Å². The van der Waals surface area contributed by atoms with Crippen LogP contribution in [0.15, 0.2) is 29.7 Å². The second-order valence-corrected chi connectivity index (χ2v) is 7.69. The number of hydrogen-bond acceptors (Lipinski definition) is 5. The largest absolute Gasteiger partial charge is 0.463 e. The third-order valence-corrected chi connectivity index (χ3v) is 5.59. The molecule has 6 heteroatoms. The van der Waals surface area contributed by atoms with Crippen molar-refractivity contribution in [2.24, 2.45) is 11.8 Å². The van der Waals surface area contributed by atoms with Crippen LogP contribution in [0.1, 0.15) is 18.7 Å². The van der Waals surface area contributed by atoms with Crippen molar-refractivity contribution in [2.75, 3.05) is 6.54 Å². The van der Waals surface area contributed by atoms with Crippen molar-refractivity contribution in [3.63, 3.8) is 0 Å². The number of fused-ring (bicyclic) bond motifs is 1. The molecule has 0 N–H and O–H groups in total. The van der Waals surface area contributed by atoms with Crippen LogP contribution in [0.3, 0.4) is 0 Å². The third kappa shape index (κ3) is 2.23. The number of hydrogen-bond donors (Lipinski definition) is 0. The van der Waals surface area contributed by atoms with Crippen LogP contribution in [0.4, 0.5) is 0 Å². The van der Waals surface area contributed by atoms with E-state index in [-0.39, 0.29) is 24.1 Å². The molecule has 4 atom stereocenters. The normalized spacial score (nSPS) is 34.5. The molecular formula is C17H19NO4S. The molecular weight excluding hydrogens is 314 g/mol. The van der Waals surface area contributed by atoms with Crippen LogP contribution in [0.5, 0.6) is 0 Å². The van der Waals surface area contributed by atoms with E-state index < -0.39 is 17.4 Å². The van der Waals surface area contributed by atoms with Gasteiger partial charge in [0.15, 0.2) is 0 Å². The van der Waals surface area contributed by atoms with Crippen molar-refractivity contribution >= 4 is 23.2 Å². The Morgan fingerprint density at radius 3 is 3.09 bits per heavy atom. The fourth-order valence-electron chi connectivity index (χ4n) is 3.88. The Balaban J connectivity index is 1.59. The fraction of sp³-hybridized carbons (Fsp3) is 0.529. The predicted octanol–water partition coefficient (Wildman–Crippen LogP) is 1.98. The van der Waals surface area contributed by atoms with E-state index in [0.717, 1.165) is 4.88 Å². The monoisotopic (exact) mass is 333 g/mol. The lowest BCUT2D eigenvalue weighted by atomic mass is 9.77. The molecule has 0 radical (unpaired) electrons. The van der Waals surface area contributed by atoms with E-state index >= 15 is 0 Å². The van der Waals surface area contributed by atoms with Crippen LogP contribution >= 0.6 is 11.3 Å². The molecule has 0 saturated carbocycles. The van der Waals surface area contributed by atoms with E-state index in [1.807, 2.05) is 43.5 Å². The van der Waals surface area contributed by atoms with E-state index in [1.54, 1.807) is 16.2 Å². The Morgan fingerprint density at radius 1 is 1.57 bits per heavy atom. The van der Waals surface area contributed by atoms with Crippen LogP contribution in [0.25, 0.3) is 0 Å². The summed E-state index contributed by atoms with van der Waals surface area (Å²) >= 11 is 1.63. The van der Waals surface area contributed by atoms with E-state index in [2.05, 4.69) is 0 Å². The van der Waals surface area contributed by atoms with Gasteiger partial charge in [0, 0.05) is 4.88 Å². The molecule has 23 heavy (non-hydrogen) atoms. The highest BCUT2D eigenvalue weighted by Crippen LogP contribution is 2.52. The molecule has 1 aromatic heterocycles. The first-order valence-electron chi connectivity index (χ1n) is 7.89. The van der Waals surface area contributed by atoms with Gasteiger partial charge in [0.1, 0.15) is 11.5 Å². The summed E-state index contributed by atoms with van der Waals surface area (Å²) in [6.45, 7) is 4.71. The van der Waals surface area contributed by atoms with Gasteiger partial charge in [-0.25, -0.2) is 0 Å². The van der Waals surface area contributed by atoms with E-state index in [1.165, 1.54) is 0 Å². The Kier molecular flexibility index (Phi) is 3.35. The molecule has 3 aliphatic rings. The summed E-state index contributed by atoms with van der Waals surface area (Å²) in [5.41, 5.74) is -0.653. The van der Waals surface area contributed by atoms with E-state index in [0.29, 0.717) is 13.1 Å². The zero-order valence-electron chi connectivity index (χ0n) is 13.1. The van der Waals surface area contributed by atoms with Gasteiger partial charge in [0.05, 0.1) is 31.2 Å². The molecule has 1 spiro atoms. The third-order valence-electron chi connectivity index (χ3n) is 4.73. The highest BCUT2D eigenvalue weighted by molar-refractivity contribution is 7.09. The molecule has 2 bridgehead atoms. The van der Waals surface area contributed by atoms with Crippen LogP contribution in [0, 0.1) is 11.8 Å². The van der Waals surface area contributed by atoms with Crippen molar-refractivity contribution in [1.82, 2.24) is 4.90 Å². The molecule has 0 unspecified atom stereocenters. The quantitative estimate of drug-likeness (QED) is 0.624. The lowest BCUT2D eigenvalue weighted by molar-refractivity contribution is -0.157. The number of nitrogens with zero attached hydrogens (tertiary/aromatic N) is 1. The summed E-state index contributed by atoms with van der Waals surface area (Å²) in [4.78, 5) is 28.3. The maximum Gasteiger partial charge on any atom is 0.313 e. The van der Waals surface area contributed by atoms with Crippen molar-refractivity contribution in [2.45, 2.75) is 38.2 Å². The molecule has 4 heterocycles. The minimum absolute atomic E-state index is 0.00374. The Morgan fingerprint density at radius 2 is 2.39 bits per heavy atom. The Bertz CT molecular complexity index is 668. The highest BCUT2D eigenvalue weighted by Gasteiger charge is 2.67. The number of amides is 1. The lowest BCUT2D eigenvalue weighted by Crippen LogP contribution is -2.40. The average molecular weight is 333 g/mol. The van der Waals surface area contributed by atoms with Crippen molar-refractivity contribution in [1.29, 1.82) is 0 Å². The zero-order chi connectivity index (χ0) is 16.2. The second kappa shape index (κ2) is 5.18. The second-order valence-electron chi connectivity index (χ2n) is 6.66. The van der Waals surface area contributed by atoms with Crippen molar-refractivity contribution in [3.05, 3.63) is 34.5 Å².